The average molecular weight is 250 g/mol. The van der Waals surface area contributed by atoms with Gasteiger partial charge in [0.2, 0.25) is 0 Å². The van der Waals surface area contributed by atoms with Crippen LogP contribution in [-0.2, 0) is 13.0 Å². The van der Waals surface area contributed by atoms with Crippen LogP contribution in [0.3, 0.4) is 0 Å². The number of anilines is 1. The molecule has 0 radical (unpaired) electrons. The molecule has 0 fully saturated rings. The van der Waals surface area contributed by atoms with Crippen molar-refractivity contribution in [1.82, 2.24) is 0 Å². The van der Waals surface area contributed by atoms with Crippen LogP contribution >= 0.6 is 0 Å². The number of aryl methyl sites for hydroxylation is 2. The Balaban J connectivity index is 2.02. The second-order valence-corrected chi connectivity index (χ2v) is 4.82. The van der Waals surface area contributed by atoms with E-state index in [1.807, 2.05) is 24.3 Å². The topological polar surface area (TPSA) is 35.8 Å². The molecule has 0 aliphatic heterocycles. The third-order valence-electron chi connectivity index (χ3n) is 3.22. The lowest BCUT2D eigenvalue weighted by Crippen LogP contribution is -2.01. The first-order chi connectivity index (χ1) is 9.19. The number of nitriles is 1. The van der Waals surface area contributed by atoms with E-state index in [0.29, 0.717) is 6.42 Å². The zero-order valence-corrected chi connectivity index (χ0v) is 11.4. The molecule has 1 N–H and O–H groups in total. The Morgan fingerprint density at radius 1 is 1.05 bits per heavy atom. The van der Waals surface area contributed by atoms with Crippen molar-refractivity contribution in [1.29, 1.82) is 5.26 Å². The monoisotopic (exact) mass is 250 g/mol. The number of nitrogens with one attached hydrogen (secondary N) is 1. The summed E-state index contributed by atoms with van der Waals surface area (Å²) in [7, 11) is 0. The van der Waals surface area contributed by atoms with E-state index < -0.39 is 0 Å². The fourth-order valence-corrected chi connectivity index (χ4v) is 2.02. The minimum Gasteiger partial charge on any atom is -0.381 e. The van der Waals surface area contributed by atoms with Crippen molar-refractivity contribution >= 4 is 5.69 Å². The van der Waals surface area contributed by atoms with E-state index in [9.17, 15) is 0 Å². The summed E-state index contributed by atoms with van der Waals surface area (Å²) < 4.78 is 0. The number of benzene rings is 2. The van der Waals surface area contributed by atoms with E-state index in [1.165, 1.54) is 16.7 Å². The minimum absolute atomic E-state index is 0.470. The summed E-state index contributed by atoms with van der Waals surface area (Å²) in [6, 6.07) is 16.7. The number of hydrogen-bond donors (Lipinski definition) is 1. The third kappa shape index (κ3) is 3.59. The summed E-state index contributed by atoms with van der Waals surface area (Å²) in [5, 5.41) is 12.0. The summed E-state index contributed by atoms with van der Waals surface area (Å²) in [5.74, 6) is 0. The third-order valence-corrected chi connectivity index (χ3v) is 3.22. The van der Waals surface area contributed by atoms with Crippen molar-refractivity contribution in [2.75, 3.05) is 5.32 Å². The molecule has 0 saturated heterocycles. The Kier molecular flexibility index (Phi) is 4.20. The largest absolute Gasteiger partial charge is 0.381 e. The van der Waals surface area contributed by atoms with Crippen molar-refractivity contribution < 1.29 is 0 Å². The highest BCUT2D eigenvalue weighted by atomic mass is 14.9. The van der Waals surface area contributed by atoms with Gasteiger partial charge < -0.3 is 5.32 Å². The Labute approximate surface area is 114 Å². The molecule has 19 heavy (non-hydrogen) atoms. The van der Waals surface area contributed by atoms with Crippen LogP contribution in [0.15, 0.2) is 42.5 Å². The molecule has 2 aromatic carbocycles. The second kappa shape index (κ2) is 6.06. The average Bonchev–Trinajstić information content (AvgIpc) is 2.42. The lowest BCUT2D eigenvalue weighted by atomic mass is 10.1. The Hall–Kier alpha value is -2.27. The number of hydrogen-bond acceptors (Lipinski definition) is 2. The zero-order chi connectivity index (χ0) is 13.7. The zero-order valence-electron chi connectivity index (χ0n) is 11.4. The molecule has 2 nitrogen and oxygen atoms in total. The molecular formula is C17H18N2. The molecule has 0 spiro atoms. The molecule has 2 rings (SSSR count). The number of nitrogens with zero attached hydrogens (tertiary/aromatic N) is 1. The van der Waals surface area contributed by atoms with E-state index in [2.05, 4.69) is 43.4 Å². The highest BCUT2D eigenvalue weighted by Gasteiger charge is 1.99. The maximum absolute atomic E-state index is 8.63. The van der Waals surface area contributed by atoms with Gasteiger partial charge in [-0.1, -0.05) is 35.9 Å². The van der Waals surface area contributed by atoms with Crippen molar-refractivity contribution in [3.8, 4) is 6.07 Å². The van der Waals surface area contributed by atoms with E-state index in [4.69, 9.17) is 5.26 Å². The van der Waals surface area contributed by atoms with Gasteiger partial charge >= 0.3 is 0 Å². The Morgan fingerprint density at radius 3 is 2.47 bits per heavy atom. The standard InChI is InChI=1S/C17H18N2/c1-13-3-4-14(2)16(11-13)12-19-17-7-5-15(6-8-17)9-10-18/h3-8,11,19H,9,12H2,1-2H3. The molecule has 0 bridgehead atoms. The molecule has 0 aromatic heterocycles. The smallest absolute Gasteiger partial charge is 0.0669 e. The molecule has 0 aliphatic rings. The molecule has 0 saturated carbocycles. The highest BCUT2D eigenvalue weighted by Crippen LogP contribution is 2.15. The molecular weight excluding hydrogens is 232 g/mol. The fraction of sp³-hybridized carbons (Fsp3) is 0.235. The second-order valence-electron chi connectivity index (χ2n) is 4.82. The van der Waals surface area contributed by atoms with Gasteiger partial charge in [0.25, 0.3) is 0 Å². The molecule has 0 heterocycles. The lowest BCUT2D eigenvalue weighted by molar-refractivity contribution is 1.11. The molecule has 2 heteroatoms. The van der Waals surface area contributed by atoms with Crippen LogP contribution in [0.1, 0.15) is 22.3 Å². The SMILES string of the molecule is Cc1ccc(C)c(CNc2ccc(CC#N)cc2)c1. The van der Waals surface area contributed by atoms with Crippen molar-refractivity contribution in [3.63, 3.8) is 0 Å². The van der Waals surface area contributed by atoms with E-state index in [-0.39, 0.29) is 0 Å². The van der Waals surface area contributed by atoms with Gasteiger partial charge in [0.05, 0.1) is 12.5 Å². The minimum atomic E-state index is 0.470. The van der Waals surface area contributed by atoms with E-state index in [1.54, 1.807) is 0 Å². The van der Waals surface area contributed by atoms with E-state index >= 15 is 0 Å². The Morgan fingerprint density at radius 2 is 1.79 bits per heavy atom. The van der Waals surface area contributed by atoms with Gasteiger partial charge in [0, 0.05) is 12.2 Å². The normalized spacial score (nSPS) is 9.95. The van der Waals surface area contributed by atoms with Crippen molar-refractivity contribution in [2.24, 2.45) is 0 Å². The molecule has 0 atom stereocenters. The van der Waals surface area contributed by atoms with Crippen LogP contribution < -0.4 is 5.32 Å². The molecule has 2 aromatic rings. The van der Waals surface area contributed by atoms with Crippen LogP contribution in [0.4, 0.5) is 5.69 Å². The van der Waals surface area contributed by atoms with Crippen LogP contribution in [-0.4, -0.2) is 0 Å². The summed E-state index contributed by atoms with van der Waals surface area (Å²) in [6.07, 6.45) is 0.470. The van der Waals surface area contributed by atoms with Gasteiger partial charge in [-0.25, -0.2) is 0 Å². The first-order valence-corrected chi connectivity index (χ1v) is 6.45. The molecule has 96 valence electrons. The fourth-order valence-electron chi connectivity index (χ4n) is 2.02. The maximum Gasteiger partial charge on any atom is 0.0669 e. The molecule has 0 unspecified atom stereocenters. The van der Waals surface area contributed by atoms with Gasteiger partial charge in [0.1, 0.15) is 0 Å². The van der Waals surface area contributed by atoms with Crippen molar-refractivity contribution in [2.45, 2.75) is 26.8 Å². The molecule has 0 amide bonds. The maximum atomic E-state index is 8.63. The van der Waals surface area contributed by atoms with Gasteiger partial charge in [0.15, 0.2) is 0 Å². The van der Waals surface area contributed by atoms with Crippen LogP contribution in [0.5, 0.6) is 0 Å². The van der Waals surface area contributed by atoms with Gasteiger partial charge in [-0.05, 0) is 42.7 Å². The van der Waals surface area contributed by atoms with Crippen molar-refractivity contribution in [3.05, 3.63) is 64.7 Å². The highest BCUT2D eigenvalue weighted by molar-refractivity contribution is 5.46. The van der Waals surface area contributed by atoms with Gasteiger partial charge in [-0.3, -0.25) is 0 Å². The van der Waals surface area contributed by atoms with E-state index in [0.717, 1.165) is 17.8 Å². The van der Waals surface area contributed by atoms with Crippen LogP contribution in [0, 0.1) is 25.2 Å². The number of rotatable bonds is 4. The van der Waals surface area contributed by atoms with Crippen LogP contribution in [0.25, 0.3) is 0 Å². The summed E-state index contributed by atoms with van der Waals surface area (Å²) >= 11 is 0. The first-order valence-electron chi connectivity index (χ1n) is 6.45. The summed E-state index contributed by atoms with van der Waals surface area (Å²) in [5.41, 5.74) is 6.05. The predicted molar refractivity (Wildman–Crippen MR) is 79.0 cm³/mol. The first kappa shape index (κ1) is 13.2. The Bertz CT molecular complexity index is 592. The van der Waals surface area contributed by atoms with Gasteiger partial charge in [-0.2, -0.15) is 5.26 Å². The lowest BCUT2D eigenvalue weighted by Gasteiger charge is -2.10. The quantitative estimate of drug-likeness (QED) is 0.890. The summed E-state index contributed by atoms with van der Waals surface area (Å²) in [4.78, 5) is 0. The summed E-state index contributed by atoms with van der Waals surface area (Å²) in [6.45, 7) is 5.07. The molecule has 0 aliphatic carbocycles. The van der Waals surface area contributed by atoms with Crippen LogP contribution in [0.2, 0.25) is 0 Å². The predicted octanol–water partition coefficient (Wildman–Crippen LogP) is 3.98. The van der Waals surface area contributed by atoms with Gasteiger partial charge in [-0.15, -0.1) is 0 Å².